The Morgan fingerprint density at radius 3 is 2.79 bits per heavy atom. The number of fused-ring (bicyclic) bond motifs is 2. The van der Waals surface area contributed by atoms with Gasteiger partial charge in [-0.15, -0.1) is 0 Å². The van der Waals surface area contributed by atoms with Crippen molar-refractivity contribution in [3.05, 3.63) is 41.7 Å². The molecule has 1 aliphatic heterocycles. The molecule has 0 radical (unpaired) electrons. The van der Waals surface area contributed by atoms with Crippen LogP contribution in [0.15, 0.2) is 35.6 Å². The van der Waals surface area contributed by atoms with Crippen LogP contribution in [0.25, 0.3) is 22.2 Å². The largest absolute Gasteiger partial charge is 0.496 e. The first-order chi connectivity index (χ1) is 14.2. The average Bonchev–Trinajstić information content (AvgIpc) is 3.39. The number of carbonyl (C=O) groups is 1. The molecule has 2 aliphatic rings. The summed E-state index contributed by atoms with van der Waals surface area (Å²) in [5, 5.41) is 9.64. The van der Waals surface area contributed by atoms with Gasteiger partial charge in [-0.1, -0.05) is 25.3 Å². The van der Waals surface area contributed by atoms with Gasteiger partial charge in [0.25, 0.3) is 0 Å². The van der Waals surface area contributed by atoms with Crippen LogP contribution < -0.4 is 4.74 Å². The lowest BCUT2D eigenvalue weighted by Gasteiger charge is -2.23. The van der Waals surface area contributed by atoms with Gasteiger partial charge in [-0.3, -0.25) is 4.99 Å². The Morgan fingerprint density at radius 2 is 2.03 bits per heavy atom. The third-order valence-corrected chi connectivity index (χ3v) is 6.17. The lowest BCUT2D eigenvalue weighted by Crippen LogP contribution is -2.11. The number of aliphatic imine (C=N–C) groups is 1. The van der Waals surface area contributed by atoms with Crippen LogP contribution in [0.5, 0.6) is 5.75 Å². The molecule has 6 nitrogen and oxygen atoms in total. The first-order valence-electron chi connectivity index (χ1n) is 10.1. The predicted molar refractivity (Wildman–Crippen MR) is 113 cm³/mol. The van der Waals surface area contributed by atoms with Gasteiger partial charge in [0.05, 0.1) is 30.2 Å². The molecule has 1 N–H and O–H groups in total. The van der Waals surface area contributed by atoms with E-state index in [1.54, 1.807) is 12.3 Å². The number of benzene rings is 2. The van der Waals surface area contributed by atoms with E-state index in [1.807, 2.05) is 6.33 Å². The molecule has 5 rings (SSSR count). The molecular weight excluding hydrogens is 366 g/mol. The summed E-state index contributed by atoms with van der Waals surface area (Å²) in [4.78, 5) is 20.9. The highest BCUT2D eigenvalue weighted by molar-refractivity contribution is 6.01. The maximum absolute atomic E-state index is 11.8. The molecule has 0 amide bonds. The van der Waals surface area contributed by atoms with Gasteiger partial charge in [-0.25, -0.2) is 9.78 Å². The molecule has 3 aromatic rings. The zero-order chi connectivity index (χ0) is 20.0. The van der Waals surface area contributed by atoms with Gasteiger partial charge in [0, 0.05) is 29.8 Å². The van der Waals surface area contributed by atoms with Crippen LogP contribution in [0.3, 0.4) is 0 Å². The monoisotopic (exact) mass is 389 g/mol. The maximum Gasteiger partial charge on any atom is 0.339 e. The third kappa shape index (κ3) is 2.90. The number of aromatic carboxylic acids is 1. The molecular formula is C23H23N3O3. The molecule has 0 atom stereocenters. The van der Waals surface area contributed by atoms with Gasteiger partial charge in [-0.2, -0.15) is 0 Å². The van der Waals surface area contributed by atoms with Crippen molar-refractivity contribution in [1.29, 1.82) is 0 Å². The van der Waals surface area contributed by atoms with E-state index in [2.05, 4.69) is 32.7 Å². The van der Waals surface area contributed by atoms with Crippen LogP contribution in [0.2, 0.25) is 0 Å². The Morgan fingerprint density at radius 1 is 1.21 bits per heavy atom. The van der Waals surface area contributed by atoms with Crippen molar-refractivity contribution in [2.45, 2.75) is 44.6 Å². The summed E-state index contributed by atoms with van der Waals surface area (Å²) in [6.07, 6.45) is 10.5. The van der Waals surface area contributed by atoms with E-state index in [9.17, 15) is 9.90 Å². The molecule has 0 unspecified atom stereocenters. The lowest BCUT2D eigenvalue weighted by molar-refractivity contribution is 0.0692. The molecule has 0 spiro atoms. The molecule has 1 fully saturated rings. The maximum atomic E-state index is 11.8. The fourth-order valence-corrected chi connectivity index (χ4v) is 4.74. The minimum atomic E-state index is -0.989. The number of aromatic nitrogens is 2. The molecule has 0 bridgehead atoms. The van der Waals surface area contributed by atoms with Crippen LogP contribution in [-0.4, -0.2) is 34.0 Å². The quantitative estimate of drug-likeness (QED) is 0.667. The molecule has 148 valence electrons. The Labute approximate surface area is 168 Å². The van der Waals surface area contributed by atoms with Crippen LogP contribution in [0.4, 0.5) is 5.69 Å². The van der Waals surface area contributed by atoms with Gasteiger partial charge in [0.2, 0.25) is 0 Å². The van der Waals surface area contributed by atoms with Crippen molar-refractivity contribution in [3.8, 4) is 16.9 Å². The summed E-state index contributed by atoms with van der Waals surface area (Å²) in [5.74, 6) is -0.624. The van der Waals surface area contributed by atoms with Crippen molar-refractivity contribution in [2.75, 3.05) is 7.11 Å². The van der Waals surface area contributed by atoms with E-state index < -0.39 is 5.97 Å². The van der Waals surface area contributed by atoms with Gasteiger partial charge < -0.3 is 14.4 Å². The van der Waals surface area contributed by atoms with Gasteiger partial charge in [0.15, 0.2) is 0 Å². The number of carboxylic acid groups (broad SMARTS) is 1. The molecule has 2 aromatic carbocycles. The number of carboxylic acids is 1. The smallest absolute Gasteiger partial charge is 0.339 e. The summed E-state index contributed by atoms with van der Waals surface area (Å²) in [5.41, 5.74) is 5.57. The second kappa shape index (κ2) is 7.03. The number of ether oxygens (including phenoxy) is 1. The number of imidazole rings is 1. The fourth-order valence-electron chi connectivity index (χ4n) is 4.74. The summed E-state index contributed by atoms with van der Waals surface area (Å²) in [6, 6.07) is 8.58. The summed E-state index contributed by atoms with van der Waals surface area (Å²) < 4.78 is 7.72. The summed E-state index contributed by atoms with van der Waals surface area (Å²) in [6.45, 7) is 0. The Bertz CT molecular complexity index is 1140. The van der Waals surface area contributed by atoms with E-state index in [1.165, 1.54) is 39.2 Å². The van der Waals surface area contributed by atoms with Crippen LogP contribution in [0, 0.1) is 0 Å². The van der Waals surface area contributed by atoms with Crippen LogP contribution in [-0.2, 0) is 6.42 Å². The van der Waals surface area contributed by atoms with Gasteiger partial charge in [-0.05, 0) is 36.6 Å². The first-order valence-corrected chi connectivity index (χ1v) is 10.1. The topological polar surface area (TPSA) is 76.7 Å². The molecule has 1 aromatic heterocycles. The minimum Gasteiger partial charge on any atom is -0.496 e. The third-order valence-electron chi connectivity index (χ3n) is 6.17. The highest BCUT2D eigenvalue weighted by Crippen LogP contribution is 2.43. The number of hydrogen-bond acceptors (Lipinski definition) is 4. The summed E-state index contributed by atoms with van der Waals surface area (Å²) in [7, 11) is 1.50. The number of hydrogen-bond donors (Lipinski definition) is 1. The van der Waals surface area contributed by atoms with Crippen LogP contribution >= 0.6 is 0 Å². The first kappa shape index (κ1) is 17.9. The van der Waals surface area contributed by atoms with Crippen molar-refractivity contribution in [3.63, 3.8) is 0 Å². The molecule has 0 saturated heterocycles. The highest BCUT2D eigenvalue weighted by atomic mass is 16.5. The molecule has 6 heteroatoms. The van der Waals surface area contributed by atoms with E-state index in [4.69, 9.17) is 4.74 Å². The van der Waals surface area contributed by atoms with Crippen molar-refractivity contribution >= 4 is 28.9 Å². The second-order valence-electron chi connectivity index (χ2n) is 7.80. The molecule has 1 saturated carbocycles. The van der Waals surface area contributed by atoms with Crippen LogP contribution in [0.1, 0.15) is 54.1 Å². The number of nitrogens with zero attached hydrogens (tertiary/aromatic N) is 3. The van der Waals surface area contributed by atoms with Crippen molar-refractivity contribution in [1.82, 2.24) is 9.55 Å². The fraction of sp³-hybridized carbons (Fsp3) is 0.348. The standard InChI is InChI=1S/C23H23N3O3/c1-29-20-12-17(22-16(9-10-24-22)21(20)23(27)28)14-7-8-19-18(11-14)25-13-26(19)15-5-3-2-4-6-15/h7-8,10-13,15H,2-6,9H2,1H3,(H,27,28). The van der Waals surface area contributed by atoms with Gasteiger partial charge >= 0.3 is 5.97 Å². The van der Waals surface area contributed by atoms with E-state index in [0.29, 0.717) is 29.5 Å². The number of methoxy groups -OCH3 is 1. The predicted octanol–water partition coefficient (Wildman–Crippen LogP) is 5.17. The SMILES string of the molecule is COc1cc(-c2ccc3c(c2)ncn3C2CCCCC2)c2c(c1C(=O)O)CC=N2. The van der Waals surface area contributed by atoms with Crippen molar-refractivity contribution in [2.24, 2.45) is 4.99 Å². The molecule has 1 aliphatic carbocycles. The average molecular weight is 389 g/mol. The Balaban J connectivity index is 1.62. The summed E-state index contributed by atoms with van der Waals surface area (Å²) >= 11 is 0. The molecule has 29 heavy (non-hydrogen) atoms. The zero-order valence-corrected chi connectivity index (χ0v) is 16.4. The second-order valence-corrected chi connectivity index (χ2v) is 7.80. The van der Waals surface area contributed by atoms with Crippen molar-refractivity contribution < 1.29 is 14.6 Å². The minimum absolute atomic E-state index is 0.200. The Kier molecular flexibility index (Phi) is 4.34. The number of rotatable bonds is 4. The molecule has 2 heterocycles. The van der Waals surface area contributed by atoms with E-state index >= 15 is 0 Å². The highest BCUT2D eigenvalue weighted by Gasteiger charge is 2.26. The lowest BCUT2D eigenvalue weighted by atomic mass is 9.94. The normalized spacial score (nSPS) is 16.3. The van der Waals surface area contributed by atoms with E-state index in [-0.39, 0.29) is 5.56 Å². The zero-order valence-electron chi connectivity index (χ0n) is 16.4. The van der Waals surface area contributed by atoms with E-state index in [0.717, 1.165) is 22.2 Å². The van der Waals surface area contributed by atoms with Gasteiger partial charge in [0.1, 0.15) is 11.3 Å². The Hall–Kier alpha value is -3.15.